The Morgan fingerprint density at radius 1 is 1.43 bits per heavy atom. The second-order valence-electron chi connectivity index (χ2n) is 4.55. The molecule has 1 N–H and O–H groups in total. The minimum atomic E-state index is -0.909. The van der Waals surface area contributed by atoms with Crippen LogP contribution >= 0.6 is 11.3 Å². The fraction of sp³-hybridized carbons (Fsp3) is 0.200. The van der Waals surface area contributed by atoms with Crippen molar-refractivity contribution in [2.75, 3.05) is 11.9 Å². The Morgan fingerprint density at radius 2 is 2.24 bits per heavy atom. The van der Waals surface area contributed by atoms with E-state index in [0.717, 1.165) is 16.8 Å². The Balaban J connectivity index is 2.12. The molecule has 0 saturated heterocycles. The van der Waals surface area contributed by atoms with Crippen LogP contribution in [0.25, 0.3) is 0 Å². The van der Waals surface area contributed by atoms with Crippen molar-refractivity contribution in [2.24, 2.45) is 0 Å². The van der Waals surface area contributed by atoms with E-state index >= 15 is 0 Å². The summed E-state index contributed by atoms with van der Waals surface area (Å²) >= 11 is 1.38. The van der Waals surface area contributed by atoms with Crippen molar-refractivity contribution in [1.29, 1.82) is 0 Å². The fourth-order valence-electron chi connectivity index (χ4n) is 1.99. The van der Waals surface area contributed by atoms with E-state index in [9.17, 15) is 9.59 Å². The molecule has 0 bridgehead atoms. The Bertz CT molecular complexity index is 638. The van der Waals surface area contributed by atoms with Gasteiger partial charge in [-0.25, -0.2) is 4.79 Å². The average Bonchev–Trinajstić information content (AvgIpc) is 2.93. The summed E-state index contributed by atoms with van der Waals surface area (Å²) in [6, 6.07) is 7.59. The molecule has 110 valence electrons. The van der Waals surface area contributed by atoms with Crippen LogP contribution in [0.2, 0.25) is 0 Å². The van der Waals surface area contributed by atoms with E-state index in [1.165, 1.54) is 11.3 Å². The van der Waals surface area contributed by atoms with Gasteiger partial charge in [0.15, 0.2) is 0 Å². The maximum atomic E-state index is 11.1. The largest absolute Gasteiger partial charge is 0.478 e. The molecule has 5 nitrogen and oxygen atoms in total. The molecule has 0 aliphatic heterocycles. The lowest BCUT2D eigenvalue weighted by molar-refractivity contribution is -0.129. The number of aromatic carboxylic acids is 1. The van der Waals surface area contributed by atoms with E-state index < -0.39 is 5.97 Å². The molecule has 0 amide bonds. The minimum Gasteiger partial charge on any atom is -0.478 e. The zero-order valence-corrected chi connectivity index (χ0v) is 12.3. The first-order chi connectivity index (χ1) is 10.1. The summed E-state index contributed by atoms with van der Waals surface area (Å²) in [6.45, 7) is 1.15. The molecule has 1 aromatic carbocycles. The quantitative estimate of drug-likeness (QED) is 0.797. The second kappa shape index (κ2) is 6.90. The topological polar surface area (TPSA) is 66.8 Å². The van der Waals surface area contributed by atoms with E-state index in [1.54, 1.807) is 5.38 Å². The zero-order chi connectivity index (χ0) is 15.2. The van der Waals surface area contributed by atoms with Gasteiger partial charge in [0.05, 0.1) is 5.56 Å². The smallest absolute Gasteiger partial charge is 0.336 e. The van der Waals surface area contributed by atoms with E-state index in [0.29, 0.717) is 18.6 Å². The van der Waals surface area contributed by atoms with Crippen LogP contribution in [0.1, 0.15) is 21.5 Å². The van der Waals surface area contributed by atoms with Gasteiger partial charge in [-0.15, -0.1) is 0 Å². The van der Waals surface area contributed by atoms with Crippen molar-refractivity contribution in [3.05, 3.63) is 51.7 Å². The maximum absolute atomic E-state index is 11.1. The maximum Gasteiger partial charge on any atom is 0.336 e. The third-order valence-electron chi connectivity index (χ3n) is 3.05. The Labute approximate surface area is 126 Å². The molecular formula is C15H15NO4S. The molecule has 2 aromatic rings. The highest BCUT2D eigenvalue weighted by Gasteiger charge is 2.13. The first-order valence-corrected chi connectivity index (χ1v) is 7.19. The summed E-state index contributed by atoms with van der Waals surface area (Å²) in [5, 5.41) is 12.6. The summed E-state index contributed by atoms with van der Waals surface area (Å²) in [6.07, 6.45) is 0. The molecule has 0 aliphatic rings. The van der Waals surface area contributed by atoms with Gasteiger partial charge in [0.2, 0.25) is 0 Å². The summed E-state index contributed by atoms with van der Waals surface area (Å²) in [5.41, 5.74) is 2.94. The number of carbonyl (C=O) groups is 2. The van der Waals surface area contributed by atoms with Gasteiger partial charge >= 0.3 is 5.97 Å². The Morgan fingerprint density at radius 3 is 2.95 bits per heavy atom. The van der Waals surface area contributed by atoms with Gasteiger partial charge in [0.25, 0.3) is 6.47 Å². The molecule has 6 heteroatoms. The summed E-state index contributed by atoms with van der Waals surface area (Å²) in [4.78, 5) is 23.3. The summed E-state index contributed by atoms with van der Waals surface area (Å²) in [7, 11) is 1.89. The number of benzene rings is 1. The van der Waals surface area contributed by atoms with Gasteiger partial charge in [0.1, 0.15) is 6.61 Å². The van der Waals surface area contributed by atoms with E-state index in [-0.39, 0.29) is 6.61 Å². The van der Waals surface area contributed by atoms with Gasteiger partial charge in [0, 0.05) is 24.7 Å². The molecule has 2 rings (SSSR count). The molecule has 0 aliphatic carbocycles. The summed E-state index contributed by atoms with van der Waals surface area (Å²) in [5.74, 6) is -0.909. The lowest BCUT2D eigenvalue weighted by Gasteiger charge is -2.20. The Kier molecular flexibility index (Phi) is 4.94. The van der Waals surface area contributed by atoms with Crippen LogP contribution in [0.15, 0.2) is 35.0 Å². The highest BCUT2D eigenvalue weighted by atomic mass is 32.1. The molecule has 1 aromatic heterocycles. The van der Waals surface area contributed by atoms with Gasteiger partial charge < -0.3 is 14.7 Å². The number of carboxylic acids is 1. The number of carbonyl (C=O) groups excluding carboxylic acids is 1. The molecule has 0 atom stereocenters. The molecule has 0 fully saturated rings. The van der Waals surface area contributed by atoms with Crippen LogP contribution in [0.3, 0.4) is 0 Å². The molecule has 1 heterocycles. The number of hydrogen-bond donors (Lipinski definition) is 1. The number of nitrogens with zero attached hydrogens (tertiary/aromatic N) is 1. The van der Waals surface area contributed by atoms with E-state index in [4.69, 9.17) is 9.84 Å². The van der Waals surface area contributed by atoms with Crippen LogP contribution in [0.4, 0.5) is 5.69 Å². The van der Waals surface area contributed by atoms with Crippen LogP contribution in [-0.4, -0.2) is 24.6 Å². The molecular weight excluding hydrogens is 290 g/mol. The first kappa shape index (κ1) is 15.1. The zero-order valence-electron chi connectivity index (χ0n) is 11.5. The van der Waals surface area contributed by atoms with Crippen molar-refractivity contribution < 1.29 is 19.4 Å². The van der Waals surface area contributed by atoms with Crippen molar-refractivity contribution in [3.63, 3.8) is 0 Å². The van der Waals surface area contributed by atoms with Crippen LogP contribution < -0.4 is 4.90 Å². The number of ether oxygens (including phenoxy) is 1. The van der Waals surface area contributed by atoms with Crippen molar-refractivity contribution >= 4 is 29.5 Å². The van der Waals surface area contributed by atoms with Crippen molar-refractivity contribution in [2.45, 2.75) is 13.2 Å². The predicted molar refractivity (Wildman–Crippen MR) is 80.7 cm³/mol. The normalized spacial score (nSPS) is 10.1. The first-order valence-electron chi connectivity index (χ1n) is 6.25. The SMILES string of the molecule is CN(Cc1cscc1C(=O)O)c1cccc(COC=O)c1. The lowest BCUT2D eigenvalue weighted by atomic mass is 10.1. The molecule has 0 saturated carbocycles. The molecule has 0 unspecified atom stereocenters. The molecule has 0 spiro atoms. The van der Waals surface area contributed by atoms with Crippen LogP contribution in [0.5, 0.6) is 0 Å². The molecule has 21 heavy (non-hydrogen) atoms. The number of hydrogen-bond acceptors (Lipinski definition) is 5. The van der Waals surface area contributed by atoms with Gasteiger partial charge in [-0.3, -0.25) is 4.79 Å². The standard InChI is InChI=1S/C15H15NO4S/c1-16(6-12-8-21-9-14(12)15(18)19)13-4-2-3-11(5-13)7-20-10-17/h2-5,8-10H,6-7H2,1H3,(H,18,19). The van der Waals surface area contributed by atoms with Crippen molar-refractivity contribution in [3.8, 4) is 0 Å². The summed E-state index contributed by atoms with van der Waals surface area (Å²) < 4.78 is 4.74. The van der Waals surface area contributed by atoms with Crippen LogP contribution in [0, 0.1) is 0 Å². The molecule has 0 radical (unpaired) electrons. The lowest BCUT2D eigenvalue weighted by Crippen LogP contribution is -2.17. The van der Waals surface area contributed by atoms with Gasteiger partial charge in [-0.1, -0.05) is 12.1 Å². The van der Waals surface area contributed by atoms with Crippen molar-refractivity contribution in [1.82, 2.24) is 0 Å². The third-order valence-corrected chi connectivity index (χ3v) is 3.84. The van der Waals surface area contributed by atoms with E-state index in [1.807, 2.05) is 41.6 Å². The Hall–Kier alpha value is -2.34. The van der Waals surface area contributed by atoms with Gasteiger partial charge in [-0.2, -0.15) is 11.3 Å². The highest BCUT2D eigenvalue weighted by molar-refractivity contribution is 7.08. The van der Waals surface area contributed by atoms with Crippen LogP contribution in [-0.2, 0) is 22.7 Å². The number of anilines is 1. The predicted octanol–water partition coefficient (Wildman–Crippen LogP) is 2.76. The van der Waals surface area contributed by atoms with E-state index in [2.05, 4.69) is 0 Å². The second-order valence-corrected chi connectivity index (χ2v) is 5.29. The number of thiophene rings is 1. The number of rotatable bonds is 7. The third kappa shape index (κ3) is 3.82. The minimum absolute atomic E-state index is 0.226. The highest BCUT2D eigenvalue weighted by Crippen LogP contribution is 2.21. The fourth-order valence-corrected chi connectivity index (χ4v) is 2.82. The number of carboxylic acid groups (broad SMARTS) is 1. The van der Waals surface area contributed by atoms with Gasteiger partial charge in [-0.05, 0) is 28.6 Å². The average molecular weight is 305 g/mol. The monoisotopic (exact) mass is 305 g/mol.